The number of fused-ring (bicyclic) bond motifs is 5. The SMILES string of the molecule is CO.COC(=O)CCCC1CCC2C3CCC4CC(NCCCCN)CCC4(C)C3CCC12C. The first-order chi connectivity index (χ1) is 16.4. The lowest BCUT2D eigenvalue weighted by Crippen LogP contribution is -2.55. The maximum atomic E-state index is 11.6. The topological polar surface area (TPSA) is 84.6 Å². The Morgan fingerprint density at radius 2 is 1.71 bits per heavy atom. The Hall–Kier alpha value is -0.650. The van der Waals surface area contributed by atoms with Crippen molar-refractivity contribution in [1.29, 1.82) is 0 Å². The number of esters is 1. The Morgan fingerprint density at radius 3 is 2.44 bits per heavy atom. The van der Waals surface area contributed by atoms with Crippen molar-refractivity contribution in [3.63, 3.8) is 0 Å². The predicted molar refractivity (Wildman–Crippen MR) is 139 cm³/mol. The first-order valence-corrected chi connectivity index (χ1v) is 14.4. The number of methoxy groups -OCH3 is 1. The molecule has 8 unspecified atom stereocenters. The third kappa shape index (κ3) is 5.67. The van der Waals surface area contributed by atoms with Crippen molar-refractivity contribution < 1.29 is 14.6 Å². The van der Waals surface area contributed by atoms with E-state index in [9.17, 15) is 4.79 Å². The van der Waals surface area contributed by atoms with Crippen LogP contribution in [0.15, 0.2) is 0 Å². The summed E-state index contributed by atoms with van der Waals surface area (Å²) in [5.41, 5.74) is 6.75. The quantitative estimate of drug-likeness (QED) is 0.309. The van der Waals surface area contributed by atoms with Gasteiger partial charge in [-0.3, -0.25) is 4.79 Å². The minimum atomic E-state index is -0.0378. The van der Waals surface area contributed by atoms with Crippen LogP contribution in [0.2, 0.25) is 0 Å². The lowest BCUT2D eigenvalue weighted by atomic mass is 9.44. The zero-order valence-electron chi connectivity index (χ0n) is 22.6. The van der Waals surface area contributed by atoms with Crippen LogP contribution >= 0.6 is 0 Å². The lowest BCUT2D eigenvalue weighted by molar-refractivity contribution is -0.141. The summed E-state index contributed by atoms with van der Waals surface area (Å²) in [5, 5.41) is 10.9. The van der Waals surface area contributed by atoms with Crippen molar-refractivity contribution in [3.8, 4) is 0 Å². The Kier molecular flexibility index (Phi) is 10.3. The summed E-state index contributed by atoms with van der Waals surface area (Å²) >= 11 is 0. The zero-order chi connectivity index (χ0) is 24.8. The molecular formula is C29H54N2O3. The molecule has 0 spiro atoms. The van der Waals surface area contributed by atoms with Crippen LogP contribution in [-0.2, 0) is 9.53 Å². The molecule has 4 aliphatic rings. The van der Waals surface area contributed by atoms with Gasteiger partial charge in [-0.1, -0.05) is 13.8 Å². The van der Waals surface area contributed by atoms with Gasteiger partial charge in [0, 0.05) is 19.6 Å². The number of carbonyl (C=O) groups is 1. The van der Waals surface area contributed by atoms with E-state index < -0.39 is 0 Å². The van der Waals surface area contributed by atoms with E-state index in [0.29, 0.717) is 17.3 Å². The maximum Gasteiger partial charge on any atom is 0.305 e. The Bertz CT molecular complexity index is 643. The fraction of sp³-hybridized carbons (Fsp3) is 0.966. The highest BCUT2D eigenvalue weighted by Gasteiger charge is 2.59. The number of hydrogen-bond acceptors (Lipinski definition) is 5. The highest BCUT2D eigenvalue weighted by molar-refractivity contribution is 5.68. The fourth-order valence-corrected chi connectivity index (χ4v) is 9.20. The van der Waals surface area contributed by atoms with Gasteiger partial charge in [-0.05, 0) is 137 Å². The van der Waals surface area contributed by atoms with Crippen LogP contribution in [0.5, 0.6) is 0 Å². The number of rotatable bonds is 9. The number of nitrogens with one attached hydrogen (secondary N) is 1. The lowest BCUT2D eigenvalue weighted by Gasteiger charge is -2.61. The van der Waals surface area contributed by atoms with E-state index in [1.54, 1.807) is 0 Å². The van der Waals surface area contributed by atoms with E-state index in [1.807, 2.05) is 0 Å². The minimum absolute atomic E-state index is 0.0378. The Labute approximate surface area is 209 Å². The van der Waals surface area contributed by atoms with Gasteiger partial charge in [-0.2, -0.15) is 0 Å². The van der Waals surface area contributed by atoms with Gasteiger partial charge in [0.2, 0.25) is 0 Å². The second kappa shape index (κ2) is 12.5. The summed E-state index contributed by atoms with van der Waals surface area (Å²) in [4.78, 5) is 11.6. The molecule has 4 N–H and O–H groups in total. The van der Waals surface area contributed by atoms with Gasteiger partial charge in [0.25, 0.3) is 0 Å². The molecule has 5 heteroatoms. The first-order valence-electron chi connectivity index (χ1n) is 14.4. The van der Waals surface area contributed by atoms with Crippen molar-refractivity contribution >= 4 is 5.97 Å². The molecule has 0 amide bonds. The smallest absolute Gasteiger partial charge is 0.305 e. The van der Waals surface area contributed by atoms with Crippen LogP contribution < -0.4 is 11.1 Å². The van der Waals surface area contributed by atoms with Crippen LogP contribution in [-0.4, -0.2) is 44.4 Å². The minimum Gasteiger partial charge on any atom is -0.469 e. The molecule has 0 saturated heterocycles. The normalized spacial score (nSPS) is 40.9. The van der Waals surface area contributed by atoms with Gasteiger partial charge in [0.05, 0.1) is 7.11 Å². The van der Waals surface area contributed by atoms with Gasteiger partial charge >= 0.3 is 5.97 Å². The summed E-state index contributed by atoms with van der Waals surface area (Å²) in [6.07, 6.45) is 18.0. The van der Waals surface area contributed by atoms with Crippen molar-refractivity contribution in [2.75, 3.05) is 27.3 Å². The van der Waals surface area contributed by atoms with Crippen LogP contribution in [0.1, 0.15) is 104 Å². The first kappa shape index (κ1) is 27.9. The molecular weight excluding hydrogens is 424 g/mol. The Balaban J connectivity index is 0.00000158. The molecule has 0 aliphatic heterocycles. The van der Waals surface area contributed by atoms with E-state index in [-0.39, 0.29) is 5.97 Å². The number of nitrogens with two attached hydrogens (primary N) is 1. The molecule has 0 radical (unpaired) electrons. The molecule has 0 aromatic rings. The van der Waals surface area contributed by atoms with Crippen LogP contribution in [0.3, 0.4) is 0 Å². The molecule has 0 aromatic carbocycles. The van der Waals surface area contributed by atoms with Gasteiger partial charge in [-0.15, -0.1) is 0 Å². The fourth-order valence-electron chi connectivity index (χ4n) is 9.20. The monoisotopic (exact) mass is 478 g/mol. The molecule has 4 rings (SSSR count). The van der Waals surface area contributed by atoms with E-state index >= 15 is 0 Å². The molecule has 4 fully saturated rings. The molecule has 0 heterocycles. The molecule has 198 valence electrons. The number of aliphatic hydroxyl groups excluding tert-OH is 1. The summed E-state index contributed by atoms with van der Waals surface area (Å²) in [6, 6.07) is 0.738. The second-order valence-corrected chi connectivity index (χ2v) is 12.4. The highest BCUT2D eigenvalue weighted by atomic mass is 16.5. The molecule has 5 nitrogen and oxygen atoms in total. The summed E-state index contributed by atoms with van der Waals surface area (Å²) in [5.74, 6) is 4.53. The van der Waals surface area contributed by atoms with E-state index in [4.69, 9.17) is 15.6 Å². The molecule has 8 atom stereocenters. The third-order valence-electron chi connectivity index (χ3n) is 11.1. The van der Waals surface area contributed by atoms with Crippen LogP contribution in [0, 0.1) is 40.4 Å². The number of aliphatic hydroxyl groups is 1. The third-order valence-corrected chi connectivity index (χ3v) is 11.1. The van der Waals surface area contributed by atoms with E-state index in [0.717, 1.165) is 68.7 Å². The zero-order valence-corrected chi connectivity index (χ0v) is 22.6. The highest BCUT2D eigenvalue weighted by Crippen LogP contribution is 2.67. The number of hydrogen-bond donors (Lipinski definition) is 3. The van der Waals surface area contributed by atoms with Gasteiger partial charge in [-0.25, -0.2) is 0 Å². The molecule has 4 aliphatic carbocycles. The average molecular weight is 479 g/mol. The van der Waals surface area contributed by atoms with Crippen molar-refractivity contribution in [2.45, 2.75) is 110 Å². The standard InChI is InChI=1S/C28H50N2O2.CH4O/c1-27-16-14-25-23(24(27)12-10-20(27)7-6-8-26(31)32-3)11-9-21-19-22(13-15-28(21,25)2)30-18-5-4-17-29;1-2/h20-25,30H,4-19,29H2,1-3H3;2H,1H3. The van der Waals surface area contributed by atoms with Crippen LogP contribution in [0.25, 0.3) is 0 Å². The summed E-state index contributed by atoms with van der Waals surface area (Å²) < 4.78 is 4.87. The molecule has 34 heavy (non-hydrogen) atoms. The number of ether oxygens (including phenoxy) is 1. The number of carbonyl (C=O) groups excluding carboxylic acids is 1. The summed E-state index contributed by atoms with van der Waals surface area (Å²) in [6.45, 7) is 7.28. The summed E-state index contributed by atoms with van der Waals surface area (Å²) in [7, 11) is 2.51. The van der Waals surface area contributed by atoms with Crippen molar-refractivity contribution in [1.82, 2.24) is 5.32 Å². The molecule has 4 saturated carbocycles. The maximum absolute atomic E-state index is 11.6. The van der Waals surface area contributed by atoms with Crippen molar-refractivity contribution in [3.05, 3.63) is 0 Å². The van der Waals surface area contributed by atoms with Crippen LogP contribution in [0.4, 0.5) is 0 Å². The second-order valence-electron chi connectivity index (χ2n) is 12.4. The van der Waals surface area contributed by atoms with E-state index in [1.165, 1.54) is 77.7 Å². The average Bonchev–Trinajstić information content (AvgIpc) is 3.19. The van der Waals surface area contributed by atoms with E-state index in [2.05, 4.69) is 19.2 Å². The van der Waals surface area contributed by atoms with Crippen molar-refractivity contribution in [2.24, 2.45) is 46.2 Å². The number of unbranched alkanes of at least 4 members (excludes halogenated alkanes) is 1. The molecule has 0 aromatic heterocycles. The largest absolute Gasteiger partial charge is 0.469 e. The predicted octanol–water partition coefficient (Wildman–Crippen LogP) is 5.29. The van der Waals surface area contributed by atoms with Gasteiger partial charge < -0.3 is 20.9 Å². The Morgan fingerprint density at radius 1 is 0.971 bits per heavy atom. The van der Waals surface area contributed by atoms with Gasteiger partial charge in [0.15, 0.2) is 0 Å². The molecule has 0 bridgehead atoms. The van der Waals surface area contributed by atoms with Gasteiger partial charge in [0.1, 0.15) is 0 Å².